The molecule has 0 bridgehead atoms. The largest absolute Gasteiger partial charge is 0.497 e. The second-order valence-corrected chi connectivity index (χ2v) is 5.60. The van der Waals surface area contributed by atoms with Crippen molar-refractivity contribution in [1.82, 2.24) is 4.98 Å². The van der Waals surface area contributed by atoms with Crippen LogP contribution >= 0.6 is 23.2 Å². The fourth-order valence-corrected chi connectivity index (χ4v) is 2.18. The zero-order valence-electron chi connectivity index (χ0n) is 12.9. The van der Waals surface area contributed by atoms with E-state index in [9.17, 15) is 9.59 Å². The van der Waals surface area contributed by atoms with Crippen molar-refractivity contribution < 1.29 is 19.1 Å². The molecule has 0 spiro atoms. The van der Waals surface area contributed by atoms with Gasteiger partial charge in [0.15, 0.2) is 11.9 Å². The molecule has 0 aliphatic carbocycles. The Morgan fingerprint density at radius 1 is 1.25 bits per heavy atom. The van der Waals surface area contributed by atoms with E-state index in [4.69, 9.17) is 32.7 Å². The molecular formula is C16H14Cl2N2O4. The van der Waals surface area contributed by atoms with E-state index < -0.39 is 18.0 Å². The highest BCUT2D eigenvalue weighted by Crippen LogP contribution is 2.22. The van der Waals surface area contributed by atoms with Gasteiger partial charge in [0.25, 0.3) is 5.91 Å². The summed E-state index contributed by atoms with van der Waals surface area (Å²) in [4.78, 5) is 28.1. The highest BCUT2D eigenvalue weighted by molar-refractivity contribution is 6.36. The van der Waals surface area contributed by atoms with Crippen molar-refractivity contribution in [3.8, 4) is 5.75 Å². The van der Waals surface area contributed by atoms with Gasteiger partial charge in [-0.25, -0.2) is 9.78 Å². The first-order chi connectivity index (χ1) is 11.4. The van der Waals surface area contributed by atoms with Crippen LogP contribution in [0.5, 0.6) is 5.75 Å². The zero-order valence-corrected chi connectivity index (χ0v) is 14.4. The lowest BCUT2D eigenvalue weighted by molar-refractivity contribution is -0.123. The molecule has 6 nitrogen and oxygen atoms in total. The van der Waals surface area contributed by atoms with E-state index >= 15 is 0 Å². The van der Waals surface area contributed by atoms with Gasteiger partial charge in [-0.05, 0) is 31.2 Å². The zero-order chi connectivity index (χ0) is 17.7. The predicted octanol–water partition coefficient (Wildman–Crippen LogP) is 3.58. The second-order valence-electron chi connectivity index (χ2n) is 4.75. The number of anilines is 1. The number of esters is 1. The number of hydrogen-bond donors (Lipinski definition) is 1. The van der Waals surface area contributed by atoms with Crippen molar-refractivity contribution >= 4 is 40.9 Å². The normalized spacial score (nSPS) is 11.5. The van der Waals surface area contributed by atoms with E-state index in [1.807, 2.05) is 0 Å². The minimum absolute atomic E-state index is 0.135. The number of rotatable bonds is 5. The molecular weight excluding hydrogens is 355 g/mol. The van der Waals surface area contributed by atoms with Crippen LogP contribution in [0, 0.1) is 0 Å². The third kappa shape index (κ3) is 4.59. The highest BCUT2D eigenvalue weighted by atomic mass is 35.5. The number of pyridine rings is 1. The maximum atomic E-state index is 12.1. The van der Waals surface area contributed by atoms with E-state index in [-0.39, 0.29) is 16.4 Å². The molecule has 2 rings (SSSR count). The topological polar surface area (TPSA) is 77.5 Å². The number of methoxy groups -OCH3 is 1. The lowest BCUT2D eigenvalue weighted by Crippen LogP contribution is -2.30. The lowest BCUT2D eigenvalue weighted by Gasteiger charge is -2.14. The number of amides is 1. The van der Waals surface area contributed by atoms with Crippen LogP contribution in [0.25, 0.3) is 0 Å². The Labute approximate surface area is 148 Å². The summed E-state index contributed by atoms with van der Waals surface area (Å²) < 4.78 is 10.2. The molecule has 1 N–H and O–H groups in total. The molecule has 1 amide bonds. The highest BCUT2D eigenvalue weighted by Gasteiger charge is 2.20. The summed E-state index contributed by atoms with van der Waals surface area (Å²) in [6.45, 7) is 1.44. The molecule has 8 heteroatoms. The minimum Gasteiger partial charge on any atom is -0.497 e. The second kappa shape index (κ2) is 7.99. The first-order valence-electron chi connectivity index (χ1n) is 6.87. The van der Waals surface area contributed by atoms with Gasteiger partial charge in [-0.1, -0.05) is 29.3 Å². The average molecular weight is 369 g/mol. The Morgan fingerprint density at radius 3 is 2.67 bits per heavy atom. The number of nitrogens with zero attached hydrogens (tertiary/aromatic N) is 1. The van der Waals surface area contributed by atoms with E-state index in [1.165, 1.54) is 32.4 Å². The molecule has 0 aliphatic rings. The number of aromatic nitrogens is 1. The maximum absolute atomic E-state index is 12.1. The molecule has 1 atom stereocenters. The van der Waals surface area contributed by atoms with Crippen molar-refractivity contribution in [2.24, 2.45) is 0 Å². The quantitative estimate of drug-likeness (QED) is 0.816. The van der Waals surface area contributed by atoms with E-state index in [2.05, 4.69) is 10.3 Å². The summed E-state index contributed by atoms with van der Waals surface area (Å²) in [5, 5.41) is 3.00. The smallest absolute Gasteiger partial charge is 0.339 e. The Bertz CT molecular complexity index is 767. The van der Waals surface area contributed by atoms with Crippen molar-refractivity contribution in [3.05, 3.63) is 52.1 Å². The van der Waals surface area contributed by atoms with Crippen LogP contribution in [0.1, 0.15) is 17.3 Å². The number of ether oxygens (including phenoxy) is 2. The fraction of sp³-hybridized carbons (Fsp3) is 0.188. The van der Waals surface area contributed by atoms with Crippen LogP contribution in [0.3, 0.4) is 0 Å². The fourth-order valence-electron chi connectivity index (χ4n) is 1.76. The summed E-state index contributed by atoms with van der Waals surface area (Å²) in [6, 6.07) is 7.87. The van der Waals surface area contributed by atoms with E-state index in [0.29, 0.717) is 10.8 Å². The molecule has 2 aromatic rings. The Hall–Kier alpha value is -2.31. The molecule has 0 unspecified atom stereocenters. The third-order valence-corrected chi connectivity index (χ3v) is 3.50. The number of carbonyl (C=O) groups is 2. The minimum atomic E-state index is -1.04. The third-order valence-electron chi connectivity index (χ3n) is 3.01. The molecule has 0 saturated carbocycles. The van der Waals surface area contributed by atoms with Gasteiger partial charge in [-0.15, -0.1) is 0 Å². The number of halogens is 2. The van der Waals surface area contributed by atoms with Crippen LogP contribution < -0.4 is 10.1 Å². The predicted molar refractivity (Wildman–Crippen MR) is 90.8 cm³/mol. The number of hydrogen-bond acceptors (Lipinski definition) is 5. The summed E-state index contributed by atoms with van der Waals surface area (Å²) in [5.41, 5.74) is 0.275. The number of benzene rings is 1. The first kappa shape index (κ1) is 18.0. The molecule has 1 aromatic heterocycles. The van der Waals surface area contributed by atoms with Crippen LogP contribution in [-0.4, -0.2) is 30.1 Å². The van der Waals surface area contributed by atoms with Gasteiger partial charge in [0.2, 0.25) is 0 Å². The SMILES string of the molecule is COc1cccc(C(=O)O[C@H](C)C(=O)Nc2ncc(Cl)cc2Cl)c1. The van der Waals surface area contributed by atoms with Crippen molar-refractivity contribution in [1.29, 1.82) is 0 Å². The standard InChI is InChI=1S/C16H14Cl2N2O4/c1-9(15(21)20-14-13(18)7-11(17)8-19-14)24-16(22)10-4-3-5-12(6-10)23-2/h3-9H,1-2H3,(H,19,20,21)/t9-/m1/s1. The molecule has 0 fully saturated rings. The van der Waals surface area contributed by atoms with Crippen molar-refractivity contribution in [2.75, 3.05) is 12.4 Å². The van der Waals surface area contributed by atoms with Crippen LogP contribution in [0.4, 0.5) is 5.82 Å². The lowest BCUT2D eigenvalue weighted by atomic mass is 10.2. The first-order valence-corrected chi connectivity index (χ1v) is 7.63. The summed E-state index contributed by atoms with van der Waals surface area (Å²) >= 11 is 11.7. The van der Waals surface area contributed by atoms with Crippen molar-refractivity contribution in [3.63, 3.8) is 0 Å². The van der Waals surface area contributed by atoms with Gasteiger partial charge in [-0.2, -0.15) is 0 Å². The summed E-state index contributed by atoms with van der Waals surface area (Å²) in [7, 11) is 1.49. The Kier molecular flexibility index (Phi) is 6.00. The van der Waals surface area contributed by atoms with Crippen LogP contribution in [0.2, 0.25) is 10.0 Å². The molecule has 1 aromatic carbocycles. The molecule has 0 aliphatic heterocycles. The Morgan fingerprint density at radius 2 is 2.00 bits per heavy atom. The number of carbonyl (C=O) groups excluding carboxylic acids is 2. The van der Waals surface area contributed by atoms with Gasteiger partial charge in [0.1, 0.15) is 5.75 Å². The van der Waals surface area contributed by atoms with E-state index in [0.717, 1.165) is 0 Å². The molecule has 0 saturated heterocycles. The molecule has 1 heterocycles. The van der Waals surface area contributed by atoms with Gasteiger partial charge >= 0.3 is 5.97 Å². The van der Waals surface area contributed by atoms with Gasteiger partial charge < -0.3 is 14.8 Å². The van der Waals surface area contributed by atoms with E-state index in [1.54, 1.807) is 18.2 Å². The van der Waals surface area contributed by atoms with Crippen molar-refractivity contribution in [2.45, 2.75) is 13.0 Å². The monoisotopic (exact) mass is 368 g/mol. The average Bonchev–Trinajstić information content (AvgIpc) is 2.57. The Balaban J connectivity index is 2.01. The van der Waals surface area contributed by atoms with Gasteiger partial charge in [0.05, 0.1) is 22.7 Å². The maximum Gasteiger partial charge on any atom is 0.339 e. The van der Waals surface area contributed by atoms with Crippen LogP contribution in [0.15, 0.2) is 36.5 Å². The summed E-state index contributed by atoms with van der Waals surface area (Å²) in [5.74, 6) is -0.566. The van der Waals surface area contributed by atoms with Gasteiger partial charge in [-0.3, -0.25) is 4.79 Å². The summed E-state index contributed by atoms with van der Waals surface area (Å²) in [6.07, 6.45) is 0.299. The molecule has 126 valence electrons. The molecule has 24 heavy (non-hydrogen) atoms. The van der Waals surface area contributed by atoms with Crippen LogP contribution in [-0.2, 0) is 9.53 Å². The van der Waals surface area contributed by atoms with Gasteiger partial charge in [0, 0.05) is 6.20 Å². The molecule has 0 radical (unpaired) electrons. The number of nitrogens with one attached hydrogen (secondary N) is 1.